The Morgan fingerprint density at radius 2 is 1.86 bits per heavy atom. The van der Waals surface area contributed by atoms with Crippen molar-refractivity contribution < 1.29 is 23.2 Å². The Labute approximate surface area is 210 Å². The van der Waals surface area contributed by atoms with Gasteiger partial charge in [-0.25, -0.2) is 13.5 Å². The van der Waals surface area contributed by atoms with Gasteiger partial charge >= 0.3 is 0 Å². The van der Waals surface area contributed by atoms with Crippen molar-refractivity contribution in [3.8, 4) is 11.8 Å². The number of hydrogen-bond donors (Lipinski definition) is 1. The van der Waals surface area contributed by atoms with Gasteiger partial charge in [-0.1, -0.05) is 41.7 Å². The first-order chi connectivity index (χ1) is 16.8. The Bertz CT molecular complexity index is 1220. The fourth-order valence-electron chi connectivity index (χ4n) is 3.92. The summed E-state index contributed by atoms with van der Waals surface area (Å²) in [5.41, 5.74) is 1.99. The first-order valence-corrected chi connectivity index (χ1v) is 13.8. The lowest BCUT2D eigenvalue weighted by Gasteiger charge is -2.33. The second-order valence-corrected chi connectivity index (χ2v) is 11.6. The molecule has 0 saturated carbocycles. The molecular formula is C25H29N3O5S2. The van der Waals surface area contributed by atoms with Crippen LogP contribution in [0.1, 0.15) is 22.4 Å². The molecule has 3 heterocycles. The second-order valence-electron chi connectivity index (χ2n) is 8.45. The molecule has 1 N–H and O–H groups in total. The van der Waals surface area contributed by atoms with Crippen molar-refractivity contribution in [3.05, 3.63) is 64.6 Å². The number of carbonyl (C=O) groups excluding carboxylic acids is 1. The summed E-state index contributed by atoms with van der Waals surface area (Å²) in [5.74, 6) is 5.48. The summed E-state index contributed by atoms with van der Waals surface area (Å²) in [4.78, 5) is 15.6. The summed E-state index contributed by atoms with van der Waals surface area (Å²) < 4.78 is 34.3. The quantitative estimate of drug-likeness (QED) is 0.361. The molecule has 35 heavy (non-hydrogen) atoms. The molecule has 0 radical (unpaired) electrons. The Morgan fingerprint density at radius 3 is 2.60 bits per heavy atom. The molecule has 0 bridgehead atoms. The SMILES string of the molecule is Cc1ccc(C#Cc2ccc(S(=O)(=O)N(CCN3CCOCC3)C3CC=CCN(O)C3=O)s2)cc1. The molecule has 0 spiro atoms. The maximum absolute atomic E-state index is 13.8. The smallest absolute Gasteiger partial charge is 0.264 e. The normalized spacial score (nSPS) is 19.5. The zero-order valence-corrected chi connectivity index (χ0v) is 21.2. The van der Waals surface area contributed by atoms with E-state index in [4.69, 9.17) is 4.74 Å². The topological polar surface area (TPSA) is 90.4 Å². The molecule has 10 heteroatoms. The van der Waals surface area contributed by atoms with Crippen LogP contribution in [0.5, 0.6) is 0 Å². The average molecular weight is 516 g/mol. The van der Waals surface area contributed by atoms with Crippen molar-refractivity contribution in [3.63, 3.8) is 0 Å². The molecule has 1 fully saturated rings. The van der Waals surface area contributed by atoms with Crippen molar-refractivity contribution in [2.45, 2.75) is 23.6 Å². The van der Waals surface area contributed by atoms with E-state index >= 15 is 0 Å². The van der Waals surface area contributed by atoms with Crippen molar-refractivity contribution in [2.75, 3.05) is 45.9 Å². The van der Waals surface area contributed by atoms with Crippen LogP contribution in [0.2, 0.25) is 0 Å². The maximum atomic E-state index is 13.8. The Hall–Kier alpha value is -2.52. The molecule has 1 aromatic heterocycles. The molecule has 2 aliphatic rings. The highest BCUT2D eigenvalue weighted by molar-refractivity contribution is 7.91. The molecule has 1 amide bonds. The van der Waals surface area contributed by atoms with E-state index in [9.17, 15) is 18.4 Å². The number of morpholine rings is 1. The molecule has 1 atom stereocenters. The summed E-state index contributed by atoms with van der Waals surface area (Å²) in [6.07, 6.45) is 3.60. The summed E-state index contributed by atoms with van der Waals surface area (Å²) in [6.45, 7) is 5.22. The number of sulfonamides is 1. The van der Waals surface area contributed by atoms with Gasteiger partial charge in [0.05, 0.1) is 24.6 Å². The number of aryl methyl sites for hydroxylation is 1. The van der Waals surface area contributed by atoms with Gasteiger partial charge in [-0.2, -0.15) is 4.31 Å². The number of hydroxylamine groups is 2. The molecule has 8 nitrogen and oxygen atoms in total. The number of rotatable bonds is 6. The molecule has 1 saturated heterocycles. The molecule has 0 aliphatic carbocycles. The third-order valence-corrected chi connectivity index (χ3v) is 9.33. The lowest BCUT2D eigenvalue weighted by Crippen LogP contribution is -2.52. The van der Waals surface area contributed by atoms with E-state index < -0.39 is 22.0 Å². The zero-order chi connectivity index (χ0) is 24.8. The minimum absolute atomic E-state index is 0.0322. The second kappa shape index (κ2) is 11.5. The maximum Gasteiger partial charge on any atom is 0.264 e. The van der Waals surface area contributed by atoms with Crippen LogP contribution < -0.4 is 0 Å². The first-order valence-electron chi connectivity index (χ1n) is 11.5. The van der Waals surface area contributed by atoms with Crippen molar-refractivity contribution in [1.82, 2.24) is 14.3 Å². The Kier molecular flexibility index (Phi) is 8.38. The van der Waals surface area contributed by atoms with E-state index in [1.807, 2.05) is 31.2 Å². The molecule has 4 rings (SSSR count). The lowest BCUT2D eigenvalue weighted by atomic mass is 10.1. The highest BCUT2D eigenvalue weighted by Crippen LogP contribution is 2.28. The van der Waals surface area contributed by atoms with E-state index in [-0.39, 0.29) is 23.7 Å². The number of nitrogens with zero attached hydrogens (tertiary/aromatic N) is 3. The van der Waals surface area contributed by atoms with Crippen LogP contribution >= 0.6 is 11.3 Å². The molecular weight excluding hydrogens is 486 g/mol. The first kappa shape index (κ1) is 25.6. The zero-order valence-electron chi connectivity index (χ0n) is 19.6. The summed E-state index contributed by atoms with van der Waals surface area (Å²) >= 11 is 1.08. The molecule has 186 valence electrons. The number of hydrogen-bond acceptors (Lipinski definition) is 7. The van der Waals surface area contributed by atoms with Gasteiger partial charge in [-0.3, -0.25) is 14.9 Å². The van der Waals surface area contributed by atoms with Crippen molar-refractivity contribution >= 4 is 27.3 Å². The van der Waals surface area contributed by atoms with Gasteiger partial charge in [0.15, 0.2) is 0 Å². The molecule has 2 aliphatic heterocycles. The van der Waals surface area contributed by atoms with Gasteiger partial charge in [0.25, 0.3) is 15.9 Å². The predicted octanol–water partition coefficient (Wildman–Crippen LogP) is 2.33. The van der Waals surface area contributed by atoms with Crippen LogP contribution in [0, 0.1) is 18.8 Å². The summed E-state index contributed by atoms with van der Waals surface area (Å²) in [6, 6.07) is 10.0. The third-order valence-electron chi connectivity index (χ3n) is 5.96. The van der Waals surface area contributed by atoms with Crippen LogP contribution in [-0.4, -0.2) is 85.8 Å². The average Bonchev–Trinajstić information content (AvgIpc) is 3.29. The predicted molar refractivity (Wildman–Crippen MR) is 134 cm³/mol. The molecule has 1 unspecified atom stereocenters. The monoisotopic (exact) mass is 515 g/mol. The standard InChI is InChI=1S/C25H29N3O5S2/c1-20-5-7-21(8-6-20)9-10-22-11-12-24(34-22)35(31,32)28(15-14-26-16-18-33-19-17-26)23-4-2-3-13-27(30)25(23)29/h2-3,5-8,11-12,23,30H,4,13-19H2,1H3. The Morgan fingerprint density at radius 1 is 1.11 bits per heavy atom. The Balaban J connectivity index is 1.59. The van der Waals surface area contributed by atoms with E-state index in [0.717, 1.165) is 22.5 Å². The minimum Gasteiger partial charge on any atom is -0.379 e. The lowest BCUT2D eigenvalue weighted by molar-refractivity contribution is -0.166. The van der Waals surface area contributed by atoms with E-state index in [2.05, 4.69) is 16.7 Å². The van der Waals surface area contributed by atoms with E-state index in [0.29, 0.717) is 42.8 Å². The van der Waals surface area contributed by atoms with Crippen LogP contribution in [-0.2, 0) is 19.6 Å². The molecule has 1 aromatic carbocycles. The number of amides is 1. The van der Waals surface area contributed by atoms with Gasteiger partial charge in [-0.05, 0) is 37.6 Å². The van der Waals surface area contributed by atoms with Gasteiger partial charge < -0.3 is 4.74 Å². The fraction of sp³-hybridized carbons (Fsp3) is 0.400. The third kappa shape index (κ3) is 6.38. The van der Waals surface area contributed by atoms with Crippen LogP contribution in [0.25, 0.3) is 0 Å². The number of carbonyl (C=O) groups is 1. The summed E-state index contributed by atoms with van der Waals surface area (Å²) in [5, 5.41) is 10.7. The molecule has 2 aromatic rings. The number of thiophene rings is 1. The summed E-state index contributed by atoms with van der Waals surface area (Å²) in [7, 11) is -4.01. The van der Waals surface area contributed by atoms with Gasteiger partial charge in [0, 0.05) is 31.7 Å². The highest BCUT2D eigenvalue weighted by atomic mass is 32.2. The minimum atomic E-state index is -4.01. The van der Waals surface area contributed by atoms with Gasteiger partial charge in [0.2, 0.25) is 0 Å². The largest absolute Gasteiger partial charge is 0.379 e. The van der Waals surface area contributed by atoms with Crippen molar-refractivity contribution in [1.29, 1.82) is 0 Å². The highest BCUT2D eigenvalue weighted by Gasteiger charge is 2.38. The van der Waals surface area contributed by atoms with Crippen LogP contribution in [0.3, 0.4) is 0 Å². The van der Waals surface area contributed by atoms with Gasteiger partial charge in [0.1, 0.15) is 10.3 Å². The fourth-order valence-corrected chi connectivity index (χ4v) is 6.80. The number of ether oxygens (including phenoxy) is 1. The van der Waals surface area contributed by atoms with E-state index in [1.165, 1.54) is 10.4 Å². The van der Waals surface area contributed by atoms with Gasteiger partial charge in [-0.15, -0.1) is 11.3 Å². The van der Waals surface area contributed by atoms with Crippen molar-refractivity contribution in [2.24, 2.45) is 0 Å². The van der Waals surface area contributed by atoms with Crippen LogP contribution in [0.4, 0.5) is 0 Å². The van der Waals surface area contributed by atoms with E-state index in [1.54, 1.807) is 18.2 Å². The number of benzene rings is 1. The van der Waals surface area contributed by atoms with Crippen LogP contribution in [0.15, 0.2) is 52.8 Å².